The Bertz CT molecular complexity index is 1310. The van der Waals surface area contributed by atoms with Gasteiger partial charge in [0.15, 0.2) is 0 Å². The van der Waals surface area contributed by atoms with E-state index in [-0.39, 0.29) is 23.5 Å². The van der Waals surface area contributed by atoms with Gasteiger partial charge in [0.1, 0.15) is 17.2 Å². The van der Waals surface area contributed by atoms with Gasteiger partial charge in [0.2, 0.25) is 0 Å². The maximum atomic E-state index is 13.7. The molecule has 0 bridgehead atoms. The predicted molar refractivity (Wildman–Crippen MR) is 121 cm³/mol. The molecule has 30 heavy (non-hydrogen) atoms. The molecule has 2 aromatic carbocycles. The number of aromatic nitrogens is 3. The number of benzene rings is 2. The van der Waals surface area contributed by atoms with Gasteiger partial charge in [0, 0.05) is 21.9 Å². The molecular formula is C22H21BrFN5O. The minimum atomic E-state index is -0.356. The minimum Gasteiger partial charge on any atom is -0.381 e. The lowest BCUT2D eigenvalue weighted by Gasteiger charge is -2.28. The first-order chi connectivity index (χ1) is 14.5. The smallest absolute Gasteiger partial charge is 0.261 e. The first-order valence-corrected chi connectivity index (χ1v) is 10.8. The highest BCUT2D eigenvalue weighted by molar-refractivity contribution is 9.10. The Kier molecular flexibility index (Phi) is 4.83. The van der Waals surface area contributed by atoms with Crippen LogP contribution in [0, 0.1) is 5.82 Å². The van der Waals surface area contributed by atoms with E-state index in [9.17, 15) is 9.18 Å². The number of nitrogens with one attached hydrogen (secondary N) is 3. The Balaban J connectivity index is 1.71. The Hall–Kier alpha value is -2.71. The predicted octanol–water partition coefficient (Wildman–Crippen LogP) is 4.65. The molecule has 5 rings (SSSR count). The molecule has 0 radical (unpaired) electrons. The molecule has 6 nitrogen and oxygen atoms in total. The molecule has 2 heterocycles. The van der Waals surface area contributed by atoms with E-state index in [4.69, 9.17) is 5.73 Å². The van der Waals surface area contributed by atoms with Crippen LogP contribution >= 0.6 is 15.9 Å². The Morgan fingerprint density at radius 2 is 1.87 bits per heavy atom. The minimum absolute atomic E-state index is 0.217. The molecule has 1 aliphatic rings. The normalized spacial score (nSPS) is 19.4. The molecule has 8 heteroatoms. The number of imidazole rings is 1. The maximum Gasteiger partial charge on any atom is 0.261 e. The molecule has 154 valence electrons. The van der Waals surface area contributed by atoms with Crippen LogP contribution in [0.3, 0.4) is 0 Å². The van der Waals surface area contributed by atoms with E-state index in [0.717, 1.165) is 46.7 Å². The Labute approximate surface area is 180 Å². The SMILES string of the molecule is NC1CCC(Nc2c(-c3nc4ccc(F)cc4[nH]3)c(=O)[nH]c3ccc(Br)cc23)CC1. The number of anilines is 1. The van der Waals surface area contributed by atoms with E-state index in [0.29, 0.717) is 22.4 Å². The third-order valence-corrected chi connectivity index (χ3v) is 6.27. The van der Waals surface area contributed by atoms with Crippen LogP contribution in [0.25, 0.3) is 33.3 Å². The highest BCUT2D eigenvalue weighted by Crippen LogP contribution is 2.34. The summed E-state index contributed by atoms with van der Waals surface area (Å²) in [4.78, 5) is 23.8. The zero-order valence-electron chi connectivity index (χ0n) is 16.1. The Morgan fingerprint density at radius 3 is 2.67 bits per heavy atom. The summed E-state index contributed by atoms with van der Waals surface area (Å²) in [5.74, 6) is 0.0553. The van der Waals surface area contributed by atoms with E-state index in [1.807, 2.05) is 18.2 Å². The van der Waals surface area contributed by atoms with Crippen molar-refractivity contribution in [2.45, 2.75) is 37.8 Å². The lowest BCUT2D eigenvalue weighted by molar-refractivity contribution is 0.411. The zero-order valence-corrected chi connectivity index (χ0v) is 17.7. The number of hydrogen-bond acceptors (Lipinski definition) is 4. The molecule has 1 fully saturated rings. The number of hydrogen-bond donors (Lipinski definition) is 4. The molecule has 0 aliphatic heterocycles. The highest BCUT2D eigenvalue weighted by atomic mass is 79.9. The van der Waals surface area contributed by atoms with Crippen molar-refractivity contribution in [3.05, 3.63) is 57.0 Å². The fourth-order valence-electron chi connectivity index (χ4n) is 4.21. The molecule has 1 saturated carbocycles. The monoisotopic (exact) mass is 469 g/mol. The summed E-state index contributed by atoms with van der Waals surface area (Å²) in [5.41, 5.74) is 8.87. The second kappa shape index (κ2) is 7.52. The second-order valence-electron chi connectivity index (χ2n) is 7.90. The number of halogens is 2. The summed E-state index contributed by atoms with van der Waals surface area (Å²) in [6, 6.07) is 10.5. The van der Waals surface area contributed by atoms with Crippen molar-refractivity contribution in [3.63, 3.8) is 0 Å². The topological polar surface area (TPSA) is 99.6 Å². The molecular weight excluding hydrogens is 449 g/mol. The molecule has 0 spiro atoms. The summed E-state index contributed by atoms with van der Waals surface area (Å²) in [6.07, 6.45) is 3.77. The van der Waals surface area contributed by atoms with Crippen molar-refractivity contribution in [2.24, 2.45) is 5.73 Å². The van der Waals surface area contributed by atoms with E-state index in [2.05, 4.69) is 36.2 Å². The van der Waals surface area contributed by atoms with Gasteiger partial charge in [-0.3, -0.25) is 4.79 Å². The number of H-pyrrole nitrogens is 2. The second-order valence-corrected chi connectivity index (χ2v) is 8.81. The summed E-state index contributed by atoms with van der Waals surface area (Å²) in [5, 5.41) is 4.49. The third-order valence-electron chi connectivity index (χ3n) is 5.78. The Morgan fingerprint density at radius 1 is 1.07 bits per heavy atom. The van der Waals surface area contributed by atoms with E-state index in [1.165, 1.54) is 12.1 Å². The fraction of sp³-hybridized carbons (Fsp3) is 0.273. The van der Waals surface area contributed by atoms with Crippen LogP contribution in [0.4, 0.5) is 10.1 Å². The van der Waals surface area contributed by atoms with Crippen molar-refractivity contribution in [1.29, 1.82) is 0 Å². The molecule has 0 amide bonds. The molecule has 0 unspecified atom stereocenters. The van der Waals surface area contributed by atoms with Crippen LogP contribution in [-0.4, -0.2) is 27.0 Å². The van der Waals surface area contributed by atoms with Gasteiger partial charge >= 0.3 is 0 Å². The van der Waals surface area contributed by atoms with Crippen LogP contribution in [0.15, 0.2) is 45.7 Å². The van der Waals surface area contributed by atoms with Crippen molar-refractivity contribution in [1.82, 2.24) is 15.0 Å². The molecule has 5 N–H and O–H groups in total. The molecule has 1 aliphatic carbocycles. The number of aromatic amines is 2. The average Bonchev–Trinajstić information content (AvgIpc) is 3.12. The van der Waals surface area contributed by atoms with Crippen LogP contribution in [-0.2, 0) is 0 Å². The van der Waals surface area contributed by atoms with Crippen molar-refractivity contribution < 1.29 is 4.39 Å². The molecule has 0 atom stereocenters. The zero-order chi connectivity index (χ0) is 20.8. The number of pyridine rings is 1. The summed E-state index contributed by atoms with van der Waals surface area (Å²) in [6.45, 7) is 0. The van der Waals surface area contributed by atoms with Crippen LogP contribution in [0.5, 0.6) is 0 Å². The van der Waals surface area contributed by atoms with Crippen LogP contribution in [0.1, 0.15) is 25.7 Å². The largest absolute Gasteiger partial charge is 0.381 e. The number of nitrogens with zero attached hydrogens (tertiary/aromatic N) is 1. The van der Waals surface area contributed by atoms with Gasteiger partial charge < -0.3 is 21.0 Å². The quantitative estimate of drug-likeness (QED) is 0.350. The van der Waals surface area contributed by atoms with Gasteiger partial charge in [-0.05, 0) is 62.1 Å². The van der Waals surface area contributed by atoms with E-state index < -0.39 is 0 Å². The van der Waals surface area contributed by atoms with Crippen molar-refractivity contribution in [2.75, 3.05) is 5.32 Å². The van der Waals surface area contributed by atoms with Crippen molar-refractivity contribution >= 4 is 43.6 Å². The average molecular weight is 470 g/mol. The van der Waals surface area contributed by atoms with Crippen LogP contribution in [0.2, 0.25) is 0 Å². The molecule has 0 saturated heterocycles. The van der Waals surface area contributed by atoms with Gasteiger partial charge in [-0.1, -0.05) is 15.9 Å². The lowest BCUT2D eigenvalue weighted by atomic mass is 9.91. The summed E-state index contributed by atoms with van der Waals surface area (Å²) in [7, 11) is 0. The van der Waals surface area contributed by atoms with Gasteiger partial charge in [0.05, 0.1) is 22.2 Å². The maximum absolute atomic E-state index is 13.7. The van der Waals surface area contributed by atoms with Crippen molar-refractivity contribution in [3.8, 4) is 11.4 Å². The standard InChI is InChI=1S/C22H21BrFN5O/c23-11-1-7-16-15(9-11)20(26-14-5-3-13(25)4-6-14)19(22(30)29-16)21-27-17-8-2-12(24)10-18(17)28-21/h1-2,7-10,13-14H,3-6,25H2,(H,27,28)(H2,26,29,30). The number of nitrogens with two attached hydrogens (primary N) is 1. The summed E-state index contributed by atoms with van der Waals surface area (Å²) >= 11 is 3.53. The van der Waals surface area contributed by atoms with Gasteiger partial charge in [0.25, 0.3) is 5.56 Å². The highest BCUT2D eigenvalue weighted by Gasteiger charge is 2.23. The number of fused-ring (bicyclic) bond motifs is 2. The molecule has 4 aromatic rings. The summed E-state index contributed by atoms with van der Waals surface area (Å²) < 4.78 is 14.6. The van der Waals surface area contributed by atoms with E-state index >= 15 is 0 Å². The first-order valence-electron chi connectivity index (χ1n) is 10.0. The number of rotatable bonds is 3. The first kappa shape index (κ1) is 19.3. The van der Waals surface area contributed by atoms with Gasteiger partial charge in [-0.25, -0.2) is 9.37 Å². The van der Waals surface area contributed by atoms with Gasteiger partial charge in [-0.2, -0.15) is 0 Å². The van der Waals surface area contributed by atoms with E-state index in [1.54, 1.807) is 6.07 Å². The molecule has 2 aromatic heterocycles. The third kappa shape index (κ3) is 3.50. The van der Waals surface area contributed by atoms with Crippen LogP contribution < -0.4 is 16.6 Å². The fourth-order valence-corrected chi connectivity index (χ4v) is 4.57. The van der Waals surface area contributed by atoms with Gasteiger partial charge in [-0.15, -0.1) is 0 Å². The lowest BCUT2D eigenvalue weighted by Crippen LogP contribution is -2.33.